The Balaban J connectivity index is 2.24. The van der Waals surface area contributed by atoms with E-state index in [1.165, 1.54) is 0 Å². The second-order valence-corrected chi connectivity index (χ2v) is 3.88. The number of amides is 1. The Kier molecular flexibility index (Phi) is 5.37. The van der Waals surface area contributed by atoms with E-state index < -0.39 is 24.3 Å². The van der Waals surface area contributed by atoms with E-state index in [-0.39, 0.29) is 13.1 Å². The van der Waals surface area contributed by atoms with E-state index in [1.807, 2.05) is 30.3 Å². The standard InChI is InChI=1S/C12H14F2N2O3/c13-12(14,11(18)19)8-15-7-10(17)16-6-9-4-2-1-3-5-9/h1-5,15H,6-8H2,(H,16,17)(H,18,19). The van der Waals surface area contributed by atoms with Crippen LogP contribution in [0.25, 0.3) is 0 Å². The van der Waals surface area contributed by atoms with Gasteiger partial charge in [-0.15, -0.1) is 0 Å². The number of nitrogens with one attached hydrogen (secondary N) is 2. The number of carbonyl (C=O) groups is 2. The van der Waals surface area contributed by atoms with Gasteiger partial charge in [0.15, 0.2) is 0 Å². The largest absolute Gasteiger partial charge is 0.477 e. The minimum Gasteiger partial charge on any atom is -0.477 e. The monoisotopic (exact) mass is 272 g/mol. The van der Waals surface area contributed by atoms with Crippen LogP contribution < -0.4 is 10.6 Å². The van der Waals surface area contributed by atoms with Crippen LogP contribution in [0.5, 0.6) is 0 Å². The average molecular weight is 272 g/mol. The minimum atomic E-state index is -3.88. The fourth-order valence-electron chi connectivity index (χ4n) is 1.27. The Hall–Kier alpha value is -2.02. The van der Waals surface area contributed by atoms with Crippen LogP contribution in [0, 0.1) is 0 Å². The highest BCUT2D eigenvalue weighted by Gasteiger charge is 2.38. The molecular weight excluding hydrogens is 258 g/mol. The van der Waals surface area contributed by atoms with Gasteiger partial charge >= 0.3 is 11.9 Å². The number of carbonyl (C=O) groups excluding carboxylic acids is 1. The smallest absolute Gasteiger partial charge is 0.375 e. The molecule has 1 amide bonds. The zero-order valence-corrected chi connectivity index (χ0v) is 10.0. The van der Waals surface area contributed by atoms with E-state index in [9.17, 15) is 18.4 Å². The van der Waals surface area contributed by atoms with Crippen molar-refractivity contribution in [3.05, 3.63) is 35.9 Å². The third kappa shape index (κ3) is 5.43. The van der Waals surface area contributed by atoms with E-state index in [2.05, 4.69) is 10.6 Å². The van der Waals surface area contributed by atoms with Gasteiger partial charge in [-0.25, -0.2) is 4.79 Å². The van der Waals surface area contributed by atoms with Crippen LogP contribution >= 0.6 is 0 Å². The molecule has 0 aromatic heterocycles. The Bertz CT molecular complexity index is 438. The molecule has 0 heterocycles. The topological polar surface area (TPSA) is 78.4 Å². The molecule has 0 aliphatic carbocycles. The molecule has 0 radical (unpaired) electrons. The number of alkyl halides is 2. The summed E-state index contributed by atoms with van der Waals surface area (Å²) in [6, 6.07) is 9.08. The highest BCUT2D eigenvalue weighted by atomic mass is 19.3. The van der Waals surface area contributed by atoms with Crippen molar-refractivity contribution in [3.8, 4) is 0 Å². The van der Waals surface area contributed by atoms with E-state index in [4.69, 9.17) is 5.11 Å². The summed E-state index contributed by atoms with van der Waals surface area (Å²) in [6.07, 6.45) is 0. The van der Waals surface area contributed by atoms with Crippen LogP contribution in [0.1, 0.15) is 5.56 Å². The number of aliphatic carboxylic acids is 1. The highest BCUT2D eigenvalue weighted by molar-refractivity contribution is 5.78. The lowest BCUT2D eigenvalue weighted by Crippen LogP contribution is -2.43. The normalized spacial score (nSPS) is 11.1. The van der Waals surface area contributed by atoms with Crippen molar-refractivity contribution >= 4 is 11.9 Å². The van der Waals surface area contributed by atoms with Crippen molar-refractivity contribution in [3.63, 3.8) is 0 Å². The van der Waals surface area contributed by atoms with Crippen molar-refractivity contribution < 1.29 is 23.5 Å². The van der Waals surface area contributed by atoms with E-state index >= 15 is 0 Å². The van der Waals surface area contributed by atoms with E-state index in [0.717, 1.165) is 5.56 Å². The van der Waals surface area contributed by atoms with Gasteiger partial charge in [0.1, 0.15) is 0 Å². The number of benzene rings is 1. The second kappa shape index (κ2) is 6.79. The molecule has 5 nitrogen and oxygen atoms in total. The van der Waals surface area contributed by atoms with Gasteiger partial charge in [-0.05, 0) is 5.56 Å². The molecule has 1 aromatic carbocycles. The van der Waals surface area contributed by atoms with Crippen LogP contribution in [0.4, 0.5) is 8.78 Å². The van der Waals surface area contributed by atoms with Gasteiger partial charge in [-0.2, -0.15) is 8.78 Å². The molecule has 0 atom stereocenters. The quantitative estimate of drug-likeness (QED) is 0.679. The minimum absolute atomic E-state index is 0.288. The number of hydrogen-bond donors (Lipinski definition) is 3. The van der Waals surface area contributed by atoms with Crippen molar-refractivity contribution in [2.24, 2.45) is 0 Å². The number of carboxylic acid groups (broad SMARTS) is 1. The number of hydrogen-bond acceptors (Lipinski definition) is 3. The molecule has 104 valence electrons. The molecule has 0 unspecified atom stereocenters. The summed E-state index contributed by atoms with van der Waals surface area (Å²) in [4.78, 5) is 21.4. The second-order valence-electron chi connectivity index (χ2n) is 3.88. The maximum absolute atomic E-state index is 12.7. The molecule has 1 aromatic rings. The number of carboxylic acids is 1. The number of halogens is 2. The maximum Gasteiger partial charge on any atom is 0.375 e. The molecule has 1 rings (SSSR count). The molecule has 19 heavy (non-hydrogen) atoms. The Labute approximate surface area is 108 Å². The number of rotatable bonds is 7. The van der Waals surface area contributed by atoms with Gasteiger partial charge in [0.05, 0.1) is 13.1 Å². The van der Waals surface area contributed by atoms with Crippen LogP contribution in [-0.2, 0) is 16.1 Å². The molecule has 0 saturated carbocycles. The van der Waals surface area contributed by atoms with Crippen molar-refractivity contribution in [2.75, 3.05) is 13.1 Å². The van der Waals surface area contributed by atoms with Gasteiger partial charge in [-0.1, -0.05) is 30.3 Å². The SMILES string of the molecule is O=C(CNCC(F)(F)C(=O)O)NCc1ccccc1. The first kappa shape index (κ1) is 15.0. The van der Waals surface area contributed by atoms with Gasteiger partial charge in [0.25, 0.3) is 0 Å². The van der Waals surface area contributed by atoms with Crippen molar-refractivity contribution in [1.82, 2.24) is 10.6 Å². The van der Waals surface area contributed by atoms with E-state index in [1.54, 1.807) is 0 Å². The molecule has 3 N–H and O–H groups in total. The van der Waals surface area contributed by atoms with Crippen molar-refractivity contribution in [2.45, 2.75) is 12.5 Å². The Morgan fingerprint density at radius 2 is 1.84 bits per heavy atom. The fourth-order valence-corrected chi connectivity index (χ4v) is 1.27. The molecule has 7 heteroatoms. The first-order valence-electron chi connectivity index (χ1n) is 5.54. The predicted octanol–water partition coefficient (Wildman–Crippen LogP) is 0.612. The highest BCUT2D eigenvalue weighted by Crippen LogP contribution is 2.11. The zero-order valence-electron chi connectivity index (χ0n) is 10.0. The Morgan fingerprint density at radius 1 is 1.21 bits per heavy atom. The van der Waals surface area contributed by atoms with Gasteiger partial charge in [-0.3, -0.25) is 4.79 Å². The lowest BCUT2D eigenvalue weighted by atomic mass is 10.2. The fraction of sp³-hybridized carbons (Fsp3) is 0.333. The molecule has 0 aliphatic heterocycles. The first-order valence-corrected chi connectivity index (χ1v) is 5.54. The third-order valence-electron chi connectivity index (χ3n) is 2.28. The van der Waals surface area contributed by atoms with Crippen molar-refractivity contribution in [1.29, 1.82) is 0 Å². The summed E-state index contributed by atoms with van der Waals surface area (Å²) in [5.41, 5.74) is 0.881. The first-order chi connectivity index (χ1) is 8.92. The molecule has 0 aliphatic rings. The zero-order chi connectivity index (χ0) is 14.3. The lowest BCUT2D eigenvalue weighted by molar-refractivity contribution is -0.164. The van der Waals surface area contributed by atoms with Crippen LogP contribution in [0.15, 0.2) is 30.3 Å². The summed E-state index contributed by atoms with van der Waals surface area (Å²) in [5.74, 6) is -6.57. The van der Waals surface area contributed by atoms with Gasteiger partial charge in [0.2, 0.25) is 5.91 Å². The molecule has 0 bridgehead atoms. The maximum atomic E-state index is 12.7. The van der Waals surface area contributed by atoms with Crippen LogP contribution in [-0.4, -0.2) is 36.0 Å². The summed E-state index contributed by atoms with van der Waals surface area (Å²) in [6.45, 7) is -1.16. The van der Waals surface area contributed by atoms with Crippen LogP contribution in [0.2, 0.25) is 0 Å². The average Bonchev–Trinajstić information content (AvgIpc) is 2.37. The summed E-state index contributed by atoms with van der Waals surface area (Å²) in [5, 5.41) is 12.8. The van der Waals surface area contributed by atoms with Gasteiger partial charge < -0.3 is 15.7 Å². The van der Waals surface area contributed by atoms with E-state index in [0.29, 0.717) is 0 Å². The third-order valence-corrected chi connectivity index (χ3v) is 2.28. The summed E-state index contributed by atoms with van der Waals surface area (Å²) < 4.78 is 25.3. The molecule has 0 fully saturated rings. The summed E-state index contributed by atoms with van der Waals surface area (Å²) >= 11 is 0. The van der Waals surface area contributed by atoms with Gasteiger partial charge in [0, 0.05) is 6.54 Å². The molecule has 0 spiro atoms. The molecule has 0 saturated heterocycles. The predicted molar refractivity (Wildman–Crippen MR) is 63.7 cm³/mol. The Morgan fingerprint density at radius 3 is 2.42 bits per heavy atom. The van der Waals surface area contributed by atoms with Crippen LogP contribution in [0.3, 0.4) is 0 Å². The summed E-state index contributed by atoms with van der Waals surface area (Å²) in [7, 11) is 0. The molecular formula is C12H14F2N2O3. The lowest BCUT2D eigenvalue weighted by Gasteiger charge is -2.12.